The Morgan fingerprint density at radius 1 is 0.968 bits per heavy atom. The lowest BCUT2D eigenvalue weighted by atomic mass is 10.3. The van der Waals surface area contributed by atoms with Gasteiger partial charge < -0.3 is 19.5 Å². The average molecular weight is 451 g/mol. The van der Waals surface area contributed by atoms with E-state index in [1.54, 1.807) is 38.1 Å². The summed E-state index contributed by atoms with van der Waals surface area (Å²) in [5.74, 6) is 1.16. The molecule has 0 aromatic heterocycles. The van der Waals surface area contributed by atoms with Crippen LogP contribution in [0.25, 0.3) is 0 Å². The van der Waals surface area contributed by atoms with Gasteiger partial charge in [-0.15, -0.1) is 0 Å². The molecule has 31 heavy (non-hydrogen) atoms. The largest absolute Gasteiger partial charge is 0.495 e. The first-order valence-electron chi connectivity index (χ1n) is 10.2. The second-order valence-corrected chi connectivity index (χ2v) is 8.55. The topological polar surface area (TPSA) is 94.2 Å². The molecule has 2 aromatic rings. The van der Waals surface area contributed by atoms with Crippen LogP contribution < -0.4 is 19.5 Å². The van der Waals surface area contributed by atoms with Crippen LogP contribution in [0.5, 0.6) is 17.2 Å². The summed E-state index contributed by atoms with van der Waals surface area (Å²) in [4.78, 5) is 12.5. The first-order valence-corrected chi connectivity index (χ1v) is 11.6. The lowest BCUT2D eigenvalue weighted by Crippen LogP contribution is -2.30. The molecule has 2 rings (SSSR count). The second-order valence-electron chi connectivity index (χ2n) is 6.61. The molecule has 0 radical (unpaired) electrons. The highest BCUT2D eigenvalue weighted by Gasteiger charge is 2.23. The fourth-order valence-electron chi connectivity index (χ4n) is 2.85. The SMILES string of the molecule is CCCOc1ccc(OCC(=O)Nc2cc(S(=O)(=O)N(CC)CC)ccc2OC)cc1. The molecule has 0 bridgehead atoms. The maximum atomic E-state index is 12.8. The molecular formula is C22H30N2O6S. The van der Waals surface area contributed by atoms with Crippen LogP contribution in [0.3, 0.4) is 0 Å². The molecule has 0 unspecified atom stereocenters. The minimum absolute atomic E-state index is 0.0795. The van der Waals surface area contributed by atoms with E-state index in [4.69, 9.17) is 14.2 Å². The number of rotatable bonds is 12. The highest BCUT2D eigenvalue weighted by Crippen LogP contribution is 2.29. The fourth-order valence-corrected chi connectivity index (χ4v) is 4.33. The van der Waals surface area contributed by atoms with E-state index in [0.717, 1.165) is 12.2 Å². The molecule has 0 aliphatic rings. The van der Waals surface area contributed by atoms with E-state index < -0.39 is 15.9 Å². The van der Waals surface area contributed by atoms with Crippen LogP contribution in [-0.2, 0) is 14.8 Å². The van der Waals surface area contributed by atoms with E-state index in [-0.39, 0.29) is 17.2 Å². The van der Waals surface area contributed by atoms with Crippen molar-refractivity contribution in [1.29, 1.82) is 0 Å². The van der Waals surface area contributed by atoms with Crippen molar-refractivity contribution in [3.05, 3.63) is 42.5 Å². The van der Waals surface area contributed by atoms with Gasteiger partial charge in [0.05, 0.1) is 24.3 Å². The van der Waals surface area contributed by atoms with Crippen LogP contribution in [-0.4, -0.2) is 52.0 Å². The summed E-state index contributed by atoms with van der Waals surface area (Å²) in [6.45, 7) is 6.66. The number of carbonyl (C=O) groups excluding carboxylic acids is 1. The Morgan fingerprint density at radius 3 is 2.13 bits per heavy atom. The summed E-state index contributed by atoms with van der Waals surface area (Å²) in [6.07, 6.45) is 0.916. The van der Waals surface area contributed by atoms with Crippen LogP contribution in [0.2, 0.25) is 0 Å². The number of amides is 1. The van der Waals surface area contributed by atoms with Gasteiger partial charge in [-0.05, 0) is 48.9 Å². The Labute approximate surface area is 184 Å². The van der Waals surface area contributed by atoms with E-state index in [9.17, 15) is 13.2 Å². The highest BCUT2D eigenvalue weighted by molar-refractivity contribution is 7.89. The number of nitrogens with zero attached hydrogens (tertiary/aromatic N) is 1. The van der Waals surface area contributed by atoms with Crippen molar-refractivity contribution in [1.82, 2.24) is 4.31 Å². The number of sulfonamides is 1. The van der Waals surface area contributed by atoms with Gasteiger partial charge in [0, 0.05) is 13.1 Å². The highest BCUT2D eigenvalue weighted by atomic mass is 32.2. The Hall–Kier alpha value is -2.78. The normalized spacial score (nSPS) is 11.3. The van der Waals surface area contributed by atoms with E-state index in [1.807, 2.05) is 6.92 Å². The standard InChI is InChI=1S/C22H30N2O6S/c1-5-14-29-17-8-10-18(11-9-17)30-16-22(25)23-20-15-19(12-13-21(20)28-4)31(26,27)24(6-2)7-3/h8-13,15H,5-7,14,16H2,1-4H3,(H,23,25). The third-order valence-electron chi connectivity index (χ3n) is 4.45. The molecule has 0 aliphatic carbocycles. The van der Waals surface area contributed by atoms with Crippen LogP contribution >= 0.6 is 0 Å². The first kappa shape index (κ1) is 24.5. The average Bonchev–Trinajstić information content (AvgIpc) is 2.77. The molecule has 0 aliphatic heterocycles. The number of benzene rings is 2. The molecule has 0 saturated heterocycles. The third kappa shape index (κ3) is 6.60. The van der Waals surface area contributed by atoms with Gasteiger partial charge in [0.15, 0.2) is 6.61 Å². The molecule has 0 fully saturated rings. The molecular weight excluding hydrogens is 420 g/mol. The quantitative estimate of drug-likeness (QED) is 0.532. The Kier molecular flexibility index (Phi) is 9.14. The number of carbonyl (C=O) groups is 1. The number of ether oxygens (including phenoxy) is 3. The van der Waals surface area contributed by atoms with Gasteiger partial charge in [-0.2, -0.15) is 4.31 Å². The van der Waals surface area contributed by atoms with Gasteiger partial charge in [0.1, 0.15) is 17.2 Å². The molecule has 0 heterocycles. The van der Waals surface area contributed by atoms with Gasteiger partial charge in [-0.1, -0.05) is 20.8 Å². The summed E-state index contributed by atoms with van der Waals surface area (Å²) >= 11 is 0. The van der Waals surface area contributed by atoms with E-state index in [2.05, 4.69) is 5.32 Å². The van der Waals surface area contributed by atoms with Crippen molar-refractivity contribution in [3.63, 3.8) is 0 Å². The van der Waals surface area contributed by atoms with Crippen molar-refractivity contribution in [3.8, 4) is 17.2 Å². The van der Waals surface area contributed by atoms with E-state index in [1.165, 1.54) is 29.6 Å². The molecule has 0 spiro atoms. The van der Waals surface area contributed by atoms with Crippen LogP contribution in [0, 0.1) is 0 Å². The van der Waals surface area contributed by atoms with Crippen LogP contribution in [0.15, 0.2) is 47.4 Å². The number of hydrogen-bond acceptors (Lipinski definition) is 6. The van der Waals surface area contributed by atoms with Crippen molar-refractivity contribution in [2.45, 2.75) is 32.1 Å². The van der Waals surface area contributed by atoms with Crippen molar-refractivity contribution in [2.24, 2.45) is 0 Å². The summed E-state index contributed by atoms with van der Waals surface area (Å²) in [5, 5.41) is 2.66. The van der Waals surface area contributed by atoms with Gasteiger partial charge in [-0.3, -0.25) is 4.79 Å². The summed E-state index contributed by atoms with van der Waals surface area (Å²) in [6, 6.07) is 11.3. The maximum absolute atomic E-state index is 12.8. The molecule has 9 heteroatoms. The van der Waals surface area contributed by atoms with Crippen molar-refractivity contribution in [2.75, 3.05) is 38.7 Å². The van der Waals surface area contributed by atoms with Crippen molar-refractivity contribution >= 4 is 21.6 Å². The number of methoxy groups -OCH3 is 1. The first-order chi connectivity index (χ1) is 14.8. The van der Waals surface area contributed by atoms with E-state index in [0.29, 0.717) is 31.2 Å². The smallest absolute Gasteiger partial charge is 0.262 e. The summed E-state index contributed by atoms with van der Waals surface area (Å²) in [5.41, 5.74) is 0.257. The molecule has 170 valence electrons. The van der Waals surface area contributed by atoms with Gasteiger partial charge in [-0.25, -0.2) is 8.42 Å². The van der Waals surface area contributed by atoms with Gasteiger partial charge in [0.25, 0.3) is 5.91 Å². The minimum atomic E-state index is -3.67. The van der Waals surface area contributed by atoms with Gasteiger partial charge in [0.2, 0.25) is 10.0 Å². The number of nitrogens with one attached hydrogen (secondary N) is 1. The number of anilines is 1. The molecule has 1 amide bonds. The maximum Gasteiger partial charge on any atom is 0.262 e. The monoisotopic (exact) mass is 450 g/mol. The van der Waals surface area contributed by atoms with Crippen LogP contribution in [0.1, 0.15) is 27.2 Å². The molecule has 1 N–H and O–H groups in total. The Bertz CT molecular complexity index is 956. The van der Waals surface area contributed by atoms with Crippen LogP contribution in [0.4, 0.5) is 5.69 Å². The predicted molar refractivity (Wildman–Crippen MR) is 119 cm³/mol. The third-order valence-corrected chi connectivity index (χ3v) is 6.50. The van der Waals surface area contributed by atoms with Gasteiger partial charge >= 0.3 is 0 Å². The summed E-state index contributed by atoms with van der Waals surface area (Å²) < 4.78 is 43.2. The minimum Gasteiger partial charge on any atom is -0.495 e. The zero-order chi connectivity index (χ0) is 22.9. The Morgan fingerprint density at radius 2 is 1.58 bits per heavy atom. The zero-order valence-corrected chi connectivity index (χ0v) is 19.2. The lowest BCUT2D eigenvalue weighted by molar-refractivity contribution is -0.118. The second kappa shape index (κ2) is 11.6. The predicted octanol–water partition coefficient (Wildman–Crippen LogP) is 3.53. The fraction of sp³-hybridized carbons (Fsp3) is 0.409. The van der Waals surface area contributed by atoms with Crippen molar-refractivity contribution < 1.29 is 27.4 Å². The molecule has 0 atom stereocenters. The van der Waals surface area contributed by atoms with E-state index >= 15 is 0 Å². The lowest BCUT2D eigenvalue weighted by Gasteiger charge is -2.19. The zero-order valence-electron chi connectivity index (χ0n) is 18.4. The molecule has 2 aromatic carbocycles. The summed E-state index contributed by atoms with van der Waals surface area (Å²) in [7, 11) is -2.22. The molecule has 0 saturated carbocycles. The molecule has 8 nitrogen and oxygen atoms in total. The number of hydrogen-bond donors (Lipinski definition) is 1. The Balaban J connectivity index is 2.08.